The molecule has 1 aliphatic rings. The number of aryl methyl sites for hydroxylation is 1. The summed E-state index contributed by atoms with van der Waals surface area (Å²) in [5.74, 6) is 0.843. The van der Waals surface area contributed by atoms with Crippen LogP contribution in [0.15, 0.2) is 18.2 Å². The average molecular weight is 288 g/mol. The van der Waals surface area contributed by atoms with E-state index in [-0.39, 0.29) is 11.9 Å². The van der Waals surface area contributed by atoms with Crippen molar-refractivity contribution in [3.63, 3.8) is 0 Å². The number of hydrogen-bond donors (Lipinski definition) is 2. The lowest BCUT2D eigenvalue weighted by atomic mass is 9.83. The molecule has 0 aliphatic heterocycles. The fourth-order valence-electron chi connectivity index (χ4n) is 3.26. The maximum atomic E-state index is 12.4. The van der Waals surface area contributed by atoms with Crippen molar-refractivity contribution in [1.82, 2.24) is 0 Å². The van der Waals surface area contributed by atoms with E-state index in [4.69, 9.17) is 5.73 Å². The molecule has 0 spiro atoms. The average Bonchev–Trinajstić information content (AvgIpc) is 2.43. The van der Waals surface area contributed by atoms with Crippen LogP contribution in [0.4, 0.5) is 5.69 Å². The normalized spacial score (nSPS) is 22.3. The van der Waals surface area contributed by atoms with Crippen LogP contribution in [-0.2, 0) is 4.79 Å². The fraction of sp³-hybridized carbons (Fsp3) is 0.611. The second-order valence-corrected chi connectivity index (χ2v) is 6.65. The number of rotatable bonds is 4. The van der Waals surface area contributed by atoms with Gasteiger partial charge in [-0.25, -0.2) is 0 Å². The van der Waals surface area contributed by atoms with Gasteiger partial charge in [-0.05, 0) is 42.7 Å². The van der Waals surface area contributed by atoms with E-state index in [0.717, 1.165) is 24.1 Å². The summed E-state index contributed by atoms with van der Waals surface area (Å²) in [4.78, 5) is 12.4. The zero-order valence-corrected chi connectivity index (χ0v) is 13.5. The third-order valence-corrected chi connectivity index (χ3v) is 4.61. The highest BCUT2D eigenvalue weighted by Gasteiger charge is 2.24. The number of amides is 1. The molecule has 1 amide bonds. The van der Waals surface area contributed by atoms with E-state index in [2.05, 4.69) is 31.3 Å². The summed E-state index contributed by atoms with van der Waals surface area (Å²) in [5.41, 5.74) is 9.47. The fourth-order valence-corrected chi connectivity index (χ4v) is 3.26. The predicted molar refractivity (Wildman–Crippen MR) is 88.4 cm³/mol. The van der Waals surface area contributed by atoms with Crippen LogP contribution in [0.3, 0.4) is 0 Å². The van der Waals surface area contributed by atoms with Crippen LogP contribution in [0.5, 0.6) is 0 Å². The molecule has 0 radical (unpaired) electrons. The first kappa shape index (κ1) is 16.0. The predicted octanol–water partition coefficient (Wildman–Crippen LogP) is 3.96. The summed E-state index contributed by atoms with van der Waals surface area (Å²) in [7, 11) is 0. The minimum atomic E-state index is 0.105. The van der Waals surface area contributed by atoms with Crippen molar-refractivity contribution in [2.45, 2.75) is 64.8 Å². The number of para-hydroxylation sites is 1. The summed E-state index contributed by atoms with van der Waals surface area (Å²) in [6.45, 7) is 6.36. The van der Waals surface area contributed by atoms with Gasteiger partial charge in [0, 0.05) is 18.2 Å². The number of nitrogens with two attached hydrogens (primary N) is 1. The van der Waals surface area contributed by atoms with E-state index in [0.29, 0.717) is 18.3 Å². The molecule has 0 bridgehead atoms. The highest BCUT2D eigenvalue weighted by Crippen LogP contribution is 2.29. The number of nitrogens with one attached hydrogen (secondary N) is 1. The largest absolute Gasteiger partial charge is 0.327 e. The molecule has 1 aromatic carbocycles. The topological polar surface area (TPSA) is 55.1 Å². The van der Waals surface area contributed by atoms with Crippen molar-refractivity contribution in [2.75, 3.05) is 5.32 Å². The molecule has 1 aromatic rings. The lowest BCUT2D eigenvalue weighted by Gasteiger charge is -2.28. The molecular weight excluding hydrogens is 260 g/mol. The summed E-state index contributed by atoms with van der Waals surface area (Å²) >= 11 is 0. The number of carbonyl (C=O) groups is 1. The highest BCUT2D eigenvalue weighted by atomic mass is 16.1. The molecule has 0 saturated heterocycles. The first-order valence-electron chi connectivity index (χ1n) is 8.14. The Kier molecular flexibility index (Phi) is 5.40. The van der Waals surface area contributed by atoms with Gasteiger partial charge in [0.15, 0.2) is 0 Å². The van der Waals surface area contributed by atoms with Gasteiger partial charge in [-0.1, -0.05) is 44.9 Å². The Morgan fingerprint density at radius 1 is 1.33 bits per heavy atom. The van der Waals surface area contributed by atoms with Crippen molar-refractivity contribution in [2.24, 2.45) is 11.7 Å². The Bertz CT molecular complexity index is 496. The van der Waals surface area contributed by atoms with Crippen LogP contribution in [0.1, 0.15) is 63.0 Å². The summed E-state index contributed by atoms with van der Waals surface area (Å²) in [6.07, 6.45) is 5.09. The second kappa shape index (κ2) is 7.08. The molecule has 2 rings (SSSR count). The SMILES string of the molecule is Cc1cccc(C(C)C)c1NC(=O)CC1CCCCC1N. The molecule has 1 saturated carbocycles. The van der Waals surface area contributed by atoms with Crippen molar-refractivity contribution >= 4 is 11.6 Å². The minimum absolute atomic E-state index is 0.105. The molecule has 116 valence electrons. The Balaban J connectivity index is 2.06. The maximum Gasteiger partial charge on any atom is 0.224 e. The molecule has 0 aromatic heterocycles. The van der Waals surface area contributed by atoms with Crippen LogP contribution in [0.2, 0.25) is 0 Å². The smallest absolute Gasteiger partial charge is 0.224 e. The van der Waals surface area contributed by atoms with E-state index in [1.165, 1.54) is 18.4 Å². The molecule has 3 N–H and O–H groups in total. The van der Waals surface area contributed by atoms with E-state index < -0.39 is 0 Å². The summed E-state index contributed by atoms with van der Waals surface area (Å²) < 4.78 is 0. The van der Waals surface area contributed by atoms with Gasteiger partial charge in [0.1, 0.15) is 0 Å². The molecule has 21 heavy (non-hydrogen) atoms. The van der Waals surface area contributed by atoms with Crippen LogP contribution < -0.4 is 11.1 Å². The van der Waals surface area contributed by atoms with Crippen LogP contribution in [0.25, 0.3) is 0 Å². The molecule has 0 heterocycles. The van der Waals surface area contributed by atoms with E-state index in [9.17, 15) is 4.79 Å². The van der Waals surface area contributed by atoms with Gasteiger partial charge in [0.2, 0.25) is 5.91 Å². The zero-order valence-electron chi connectivity index (χ0n) is 13.5. The number of hydrogen-bond acceptors (Lipinski definition) is 2. The quantitative estimate of drug-likeness (QED) is 0.881. The van der Waals surface area contributed by atoms with Gasteiger partial charge in [-0.15, -0.1) is 0 Å². The standard InChI is InChI=1S/C18H28N2O/c1-12(2)15-9-6-7-13(3)18(15)20-17(21)11-14-8-4-5-10-16(14)19/h6-7,9,12,14,16H,4-5,8,10-11,19H2,1-3H3,(H,20,21). The third kappa shape index (κ3) is 4.07. The Hall–Kier alpha value is -1.35. The van der Waals surface area contributed by atoms with Gasteiger partial charge in [0.25, 0.3) is 0 Å². The number of benzene rings is 1. The van der Waals surface area contributed by atoms with E-state index in [1.807, 2.05) is 13.0 Å². The van der Waals surface area contributed by atoms with Crippen molar-refractivity contribution in [1.29, 1.82) is 0 Å². The Labute approximate surface area is 128 Å². The zero-order chi connectivity index (χ0) is 15.4. The lowest BCUT2D eigenvalue weighted by Crippen LogP contribution is -2.35. The number of carbonyl (C=O) groups excluding carboxylic acids is 1. The van der Waals surface area contributed by atoms with Crippen LogP contribution in [-0.4, -0.2) is 11.9 Å². The molecular formula is C18H28N2O. The van der Waals surface area contributed by atoms with Gasteiger partial charge in [-0.2, -0.15) is 0 Å². The van der Waals surface area contributed by atoms with Gasteiger partial charge >= 0.3 is 0 Å². The molecule has 1 aliphatic carbocycles. The number of anilines is 1. The van der Waals surface area contributed by atoms with Gasteiger partial charge in [0.05, 0.1) is 0 Å². The minimum Gasteiger partial charge on any atom is -0.327 e. The third-order valence-electron chi connectivity index (χ3n) is 4.61. The Morgan fingerprint density at radius 3 is 2.71 bits per heavy atom. The van der Waals surface area contributed by atoms with E-state index >= 15 is 0 Å². The Morgan fingerprint density at radius 2 is 2.05 bits per heavy atom. The van der Waals surface area contributed by atoms with Crippen molar-refractivity contribution in [3.8, 4) is 0 Å². The molecule has 3 heteroatoms. The van der Waals surface area contributed by atoms with Crippen LogP contribution in [0, 0.1) is 12.8 Å². The molecule has 2 unspecified atom stereocenters. The first-order chi connectivity index (χ1) is 9.99. The monoisotopic (exact) mass is 288 g/mol. The van der Waals surface area contributed by atoms with Gasteiger partial charge in [-0.3, -0.25) is 4.79 Å². The van der Waals surface area contributed by atoms with E-state index in [1.54, 1.807) is 0 Å². The molecule has 1 fully saturated rings. The second-order valence-electron chi connectivity index (χ2n) is 6.65. The molecule has 3 nitrogen and oxygen atoms in total. The van der Waals surface area contributed by atoms with Crippen LogP contribution >= 0.6 is 0 Å². The van der Waals surface area contributed by atoms with Crippen molar-refractivity contribution in [3.05, 3.63) is 29.3 Å². The van der Waals surface area contributed by atoms with Crippen molar-refractivity contribution < 1.29 is 4.79 Å². The lowest BCUT2D eigenvalue weighted by molar-refractivity contribution is -0.117. The highest BCUT2D eigenvalue weighted by molar-refractivity contribution is 5.92. The summed E-state index contributed by atoms with van der Waals surface area (Å²) in [5, 5.41) is 3.13. The first-order valence-corrected chi connectivity index (χ1v) is 8.14. The summed E-state index contributed by atoms with van der Waals surface area (Å²) in [6, 6.07) is 6.39. The molecule has 2 atom stereocenters. The maximum absolute atomic E-state index is 12.4. The van der Waals surface area contributed by atoms with Gasteiger partial charge < -0.3 is 11.1 Å².